The van der Waals surface area contributed by atoms with Crippen LogP contribution in [0.2, 0.25) is 0 Å². The van der Waals surface area contributed by atoms with E-state index in [0.29, 0.717) is 11.1 Å². The van der Waals surface area contributed by atoms with E-state index in [4.69, 9.17) is 4.42 Å². The van der Waals surface area contributed by atoms with Gasteiger partial charge in [-0.1, -0.05) is 64.5 Å². The maximum absolute atomic E-state index is 13.8. The number of hydrogen-bond donors (Lipinski definition) is 2. The highest BCUT2D eigenvalue weighted by Crippen LogP contribution is 2.38. The molecule has 9 nitrogen and oxygen atoms in total. The number of sulfone groups is 1. The zero-order valence-corrected chi connectivity index (χ0v) is 23.1. The van der Waals surface area contributed by atoms with Gasteiger partial charge in [-0.15, -0.1) is 21.5 Å². The molecule has 0 bridgehead atoms. The second kappa shape index (κ2) is 10.8. The number of hydrogen-bond acceptors (Lipinski definition) is 9. The molecule has 190 valence electrons. The predicted molar refractivity (Wildman–Crippen MR) is 145 cm³/mol. The fraction of sp³-hybridized carbons (Fsp3) is 0.125. The highest BCUT2D eigenvalue weighted by molar-refractivity contribution is 9.10. The van der Waals surface area contributed by atoms with Crippen molar-refractivity contribution in [2.24, 2.45) is 0 Å². The molecule has 1 unspecified atom stereocenters. The van der Waals surface area contributed by atoms with Crippen LogP contribution in [0.1, 0.15) is 27.6 Å². The van der Waals surface area contributed by atoms with Gasteiger partial charge < -0.3 is 4.42 Å². The Labute approximate surface area is 226 Å². The van der Waals surface area contributed by atoms with E-state index >= 15 is 0 Å². The minimum absolute atomic E-state index is 0.0515. The van der Waals surface area contributed by atoms with Gasteiger partial charge in [0.05, 0.1) is 22.5 Å². The molecule has 2 aromatic heterocycles. The smallest absolute Gasteiger partial charge is 0.241 e. The Hall–Kier alpha value is -2.97. The van der Waals surface area contributed by atoms with Crippen LogP contribution in [0.15, 0.2) is 81.7 Å². The minimum atomic E-state index is -3.94. The first-order valence-electron chi connectivity index (χ1n) is 10.9. The van der Waals surface area contributed by atoms with Gasteiger partial charge >= 0.3 is 0 Å². The molecule has 1 N–H and O–H groups in total. The Balaban J connectivity index is 1.57. The summed E-state index contributed by atoms with van der Waals surface area (Å²) in [5, 5.41) is 6.75. The molecule has 5 aromatic rings. The Bertz CT molecular complexity index is 1740. The molecule has 37 heavy (non-hydrogen) atoms. The first kappa shape index (κ1) is 25.7. The molecular weight excluding hydrogens is 600 g/mol. The van der Waals surface area contributed by atoms with Crippen molar-refractivity contribution in [2.45, 2.75) is 17.5 Å². The van der Waals surface area contributed by atoms with Crippen molar-refractivity contribution in [1.82, 2.24) is 19.9 Å². The van der Waals surface area contributed by atoms with Crippen molar-refractivity contribution in [1.29, 1.82) is 0 Å². The number of thiol groups is 1. The molecule has 0 saturated heterocycles. The summed E-state index contributed by atoms with van der Waals surface area (Å²) in [5.74, 6) is -0.510. The first-order chi connectivity index (χ1) is 17.8. The summed E-state index contributed by atoms with van der Waals surface area (Å²) in [5.41, 5.74) is 3.24. The van der Waals surface area contributed by atoms with Gasteiger partial charge in [0.1, 0.15) is 5.01 Å². The molecule has 0 aliphatic heterocycles. The van der Waals surface area contributed by atoms with Crippen LogP contribution in [0.5, 0.6) is 0 Å². The van der Waals surface area contributed by atoms with Crippen LogP contribution in [0.4, 0.5) is 0 Å². The lowest BCUT2D eigenvalue weighted by Gasteiger charge is -2.12. The van der Waals surface area contributed by atoms with Gasteiger partial charge in [-0.05, 0) is 41.0 Å². The summed E-state index contributed by atoms with van der Waals surface area (Å²) < 4.78 is 58.6. The largest absolute Gasteiger partial charge is 0.422 e. The summed E-state index contributed by atoms with van der Waals surface area (Å²) in [6, 6.07) is 22.6. The van der Waals surface area contributed by atoms with Crippen molar-refractivity contribution < 1.29 is 21.3 Å². The second-order valence-electron chi connectivity index (χ2n) is 8.04. The van der Waals surface area contributed by atoms with E-state index in [1.807, 2.05) is 54.6 Å². The summed E-state index contributed by atoms with van der Waals surface area (Å²) >= 11 is 4.61. The normalized spacial score (nSPS) is 12.8. The van der Waals surface area contributed by atoms with Gasteiger partial charge in [-0.3, -0.25) is 0 Å². The van der Waals surface area contributed by atoms with Crippen molar-refractivity contribution in [2.75, 3.05) is 0 Å². The number of nitrogens with one attached hydrogen (secondary N) is 1. The van der Waals surface area contributed by atoms with Crippen LogP contribution in [-0.2, 0) is 33.0 Å². The number of halogens is 1. The van der Waals surface area contributed by atoms with E-state index in [1.54, 1.807) is 18.2 Å². The molecule has 0 amide bonds. The molecule has 1 atom stereocenters. The van der Waals surface area contributed by atoms with Crippen molar-refractivity contribution in [3.8, 4) is 11.1 Å². The highest BCUT2D eigenvalue weighted by Gasteiger charge is 2.37. The van der Waals surface area contributed by atoms with Crippen molar-refractivity contribution >= 4 is 58.2 Å². The van der Waals surface area contributed by atoms with Crippen LogP contribution in [0.25, 0.3) is 21.3 Å². The van der Waals surface area contributed by atoms with Gasteiger partial charge in [0, 0.05) is 4.47 Å². The molecule has 0 spiro atoms. The van der Waals surface area contributed by atoms with Gasteiger partial charge in [0.25, 0.3) is 0 Å². The Kier molecular flexibility index (Phi) is 7.49. The summed E-state index contributed by atoms with van der Waals surface area (Å²) in [7, 11) is -6.82. The molecule has 2 heterocycles. The Morgan fingerprint density at radius 2 is 1.78 bits per heavy atom. The van der Waals surface area contributed by atoms with Crippen LogP contribution < -0.4 is 4.72 Å². The monoisotopic (exact) mass is 618 g/mol. The number of aromatic nitrogens is 3. The van der Waals surface area contributed by atoms with E-state index in [9.17, 15) is 16.8 Å². The van der Waals surface area contributed by atoms with Gasteiger partial charge in [0.15, 0.2) is 15.1 Å². The van der Waals surface area contributed by atoms with E-state index in [-0.39, 0.29) is 29.1 Å². The van der Waals surface area contributed by atoms with E-state index < -0.39 is 26.0 Å². The van der Waals surface area contributed by atoms with Crippen LogP contribution >= 0.6 is 27.3 Å². The molecule has 0 aliphatic rings. The summed E-state index contributed by atoms with van der Waals surface area (Å²) in [6.07, 6.45) is 0. The third kappa shape index (κ3) is 5.96. The topological polar surface area (TPSA) is 132 Å². The zero-order valence-electron chi connectivity index (χ0n) is 18.9. The Morgan fingerprint density at radius 1 is 0.973 bits per heavy atom. The van der Waals surface area contributed by atoms with Gasteiger partial charge in [-0.25, -0.2) is 26.5 Å². The number of rotatable bonds is 9. The standard InChI is InChI=1S/C24H19BrN4O5S3/c25-18-8-4-5-15(11-18)14-37(32,33)22(23-29-28-21(34-23)13-26-36(30)31)24-27-19-10-9-17(12-20(19)35-24)16-6-2-1-3-7-16/h1-12,22,36H,13-14H2,(H,26,30,31). The lowest BCUT2D eigenvalue weighted by atomic mass is 10.1. The average molecular weight is 620 g/mol. The number of fused-ring (bicyclic) bond motifs is 1. The minimum Gasteiger partial charge on any atom is -0.422 e. The molecule has 0 saturated carbocycles. The van der Waals surface area contributed by atoms with E-state index in [2.05, 4.69) is 35.8 Å². The molecule has 5 rings (SSSR count). The number of thiazole rings is 1. The molecule has 0 aliphatic carbocycles. The molecule has 0 radical (unpaired) electrons. The third-order valence-electron chi connectivity index (χ3n) is 5.42. The third-order valence-corrected chi connectivity index (χ3v) is 9.44. The quantitative estimate of drug-likeness (QED) is 0.232. The number of benzene rings is 3. The Morgan fingerprint density at radius 3 is 2.54 bits per heavy atom. The predicted octanol–water partition coefficient (Wildman–Crippen LogP) is 4.43. The SMILES string of the molecule is O=[SH](=O)NCc1nnc(C(c2nc3ccc(-c4ccccc4)cc3s2)S(=O)(=O)Cc2cccc(Br)c2)o1. The van der Waals surface area contributed by atoms with Crippen molar-refractivity contribution in [3.63, 3.8) is 0 Å². The molecular formula is C24H19BrN4O5S3. The van der Waals surface area contributed by atoms with Crippen LogP contribution in [-0.4, -0.2) is 32.0 Å². The lowest BCUT2D eigenvalue weighted by Crippen LogP contribution is -2.17. The van der Waals surface area contributed by atoms with Crippen LogP contribution in [0, 0.1) is 0 Å². The zero-order chi connectivity index (χ0) is 26.0. The maximum atomic E-state index is 13.8. The van der Waals surface area contributed by atoms with E-state index in [0.717, 1.165) is 20.3 Å². The molecule has 3 aromatic carbocycles. The fourth-order valence-electron chi connectivity index (χ4n) is 3.80. The summed E-state index contributed by atoms with van der Waals surface area (Å²) in [6.45, 7) is -0.246. The average Bonchev–Trinajstić information content (AvgIpc) is 3.49. The first-order valence-corrected chi connectivity index (χ1v) is 15.4. The van der Waals surface area contributed by atoms with Gasteiger partial charge in [0.2, 0.25) is 22.7 Å². The second-order valence-corrected chi connectivity index (χ2v) is 12.9. The summed E-state index contributed by atoms with van der Waals surface area (Å²) in [4.78, 5) is 4.62. The molecule has 13 heteroatoms. The lowest BCUT2D eigenvalue weighted by molar-refractivity contribution is 0.444. The highest BCUT2D eigenvalue weighted by atomic mass is 79.9. The van der Waals surface area contributed by atoms with Gasteiger partial charge in [-0.2, -0.15) is 0 Å². The van der Waals surface area contributed by atoms with E-state index in [1.165, 1.54) is 11.3 Å². The van der Waals surface area contributed by atoms with Crippen molar-refractivity contribution in [3.05, 3.63) is 99.6 Å². The maximum Gasteiger partial charge on any atom is 0.241 e. The van der Waals surface area contributed by atoms with Crippen LogP contribution in [0.3, 0.4) is 0 Å². The molecule has 0 fully saturated rings. The fourth-order valence-corrected chi connectivity index (χ4v) is 7.65. The number of nitrogens with zero attached hydrogens (tertiary/aromatic N) is 3.